The van der Waals surface area contributed by atoms with Gasteiger partial charge in [0.15, 0.2) is 6.10 Å². The van der Waals surface area contributed by atoms with E-state index in [4.69, 9.17) is 14.2 Å². The minimum absolute atomic E-state index is 0.377. The van der Waals surface area contributed by atoms with Gasteiger partial charge in [-0.25, -0.2) is 4.79 Å². The second-order valence-electron chi connectivity index (χ2n) is 5.77. The van der Waals surface area contributed by atoms with E-state index < -0.39 is 29.7 Å². The van der Waals surface area contributed by atoms with E-state index in [9.17, 15) is 14.7 Å². The smallest absolute Gasteiger partial charge is 0.338 e. The van der Waals surface area contributed by atoms with E-state index in [1.54, 1.807) is 13.8 Å². The van der Waals surface area contributed by atoms with Gasteiger partial charge in [-0.1, -0.05) is 19.8 Å². The minimum atomic E-state index is -1.04. The van der Waals surface area contributed by atoms with Crippen molar-refractivity contribution in [1.82, 2.24) is 0 Å². The molecule has 1 unspecified atom stereocenters. The van der Waals surface area contributed by atoms with Gasteiger partial charge in [0.05, 0.1) is 5.92 Å². The number of aliphatic carboxylic acids is 1. The van der Waals surface area contributed by atoms with Gasteiger partial charge in [-0.15, -0.1) is 0 Å². The number of unbranched alkanes of at least 4 members (excludes halogenated alkanes) is 2. The second kappa shape index (κ2) is 8.34. The van der Waals surface area contributed by atoms with Gasteiger partial charge in [0, 0.05) is 27.1 Å². The summed E-state index contributed by atoms with van der Waals surface area (Å²) in [6.07, 6.45) is 2.95. The van der Waals surface area contributed by atoms with Gasteiger partial charge in [-0.3, -0.25) is 4.79 Å². The van der Waals surface area contributed by atoms with Crippen LogP contribution in [0.25, 0.3) is 0 Å². The molecule has 122 valence electrons. The lowest BCUT2D eigenvalue weighted by molar-refractivity contribution is -0.163. The Labute approximate surface area is 125 Å². The molecule has 1 N–H and O–H groups in total. The van der Waals surface area contributed by atoms with Crippen molar-refractivity contribution in [3.05, 3.63) is 0 Å². The summed E-state index contributed by atoms with van der Waals surface area (Å²) >= 11 is 0. The van der Waals surface area contributed by atoms with Crippen molar-refractivity contribution >= 4 is 11.9 Å². The van der Waals surface area contributed by atoms with Crippen molar-refractivity contribution in [3.63, 3.8) is 0 Å². The number of rotatable bonds is 10. The number of esters is 1. The van der Waals surface area contributed by atoms with E-state index in [1.165, 1.54) is 0 Å². The first-order chi connectivity index (χ1) is 9.87. The standard InChI is InChI=1S/C15H26O6/c1-4-5-9-19-10-7-6-8-11(13(16)17)12-14(18)21-15(2,3)20-12/h11-12H,4-10H2,1-3H3,(H,16,17)/t11-,12?/m1/s1. The van der Waals surface area contributed by atoms with Gasteiger partial charge in [-0.05, 0) is 19.3 Å². The van der Waals surface area contributed by atoms with Crippen molar-refractivity contribution in [1.29, 1.82) is 0 Å². The zero-order valence-electron chi connectivity index (χ0n) is 13.1. The predicted molar refractivity (Wildman–Crippen MR) is 75.7 cm³/mol. The molecular formula is C15H26O6. The van der Waals surface area contributed by atoms with Crippen molar-refractivity contribution in [3.8, 4) is 0 Å². The Balaban J connectivity index is 2.34. The van der Waals surface area contributed by atoms with Crippen molar-refractivity contribution < 1.29 is 28.9 Å². The number of carbonyl (C=O) groups is 2. The SMILES string of the molecule is CCCCOCCCC[C@@H](C(=O)O)C1OC(C)(C)OC1=O. The Bertz CT molecular complexity index is 352. The zero-order chi connectivity index (χ0) is 15.9. The Kier molecular flexibility index (Phi) is 7.11. The Hall–Kier alpha value is -1.14. The van der Waals surface area contributed by atoms with Crippen LogP contribution in [-0.2, 0) is 23.8 Å². The average molecular weight is 302 g/mol. The maximum absolute atomic E-state index is 11.7. The van der Waals surface area contributed by atoms with Crippen molar-refractivity contribution in [2.24, 2.45) is 5.92 Å². The molecule has 1 aliphatic heterocycles. The molecule has 0 spiro atoms. The largest absolute Gasteiger partial charge is 0.481 e. The third-order valence-corrected chi connectivity index (χ3v) is 3.37. The molecule has 0 aromatic rings. The second-order valence-corrected chi connectivity index (χ2v) is 5.77. The van der Waals surface area contributed by atoms with E-state index in [0.29, 0.717) is 19.4 Å². The van der Waals surface area contributed by atoms with Crippen LogP contribution in [0.15, 0.2) is 0 Å². The molecule has 0 aromatic heterocycles. The van der Waals surface area contributed by atoms with E-state index in [1.807, 2.05) is 0 Å². The Morgan fingerprint density at radius 3 is 2.52 bits per heavy atom. The van der Waals surface area contributed by atoms with Crippen LogP contribution < -0.4 is 0 Å². The van der Waals surface area contributed by atoms with Crippen LogP contribution in [0.3, 0.4) is 0 Å². The van der Waals surface area contributed by atoms with Gasteiger partial charge in [0.2, 0.25) is 5.79 Å². The fourth-order valence-electron chi connectivity index (χ4n) is 2.25. The first-order valence-electron chi connectivity index (χ1n) is 7.58. The number of carbonyl (C=O) groups excluding carboxylic acids is 1. The summed E-state index contributed by atoms with van der Waals surface area (Å²) in [5.74, 6) is -3.53. The monoisotopic (exact) mass is 302 g/mol. The van der Waals surface area contributed by atoms with E-state index in [-0.39, 0.29) is 0 Å². The summed E-state index contributed by atoms with van der Waals surface area (Å²) in [5, 5.41) is 9.28. The molecule has 21 heavy (non-hydrogen) atoms. The molecule has 0 aromatic carbocycles. The molecule has 0 aliphatic carbocycles. The molecule has 1 saturated heterocycles. The summed E-state index contributed by atoms with van der Waals surface area (Å²) in [4.78, 5) is 23.0. The lowest BCUT2D eigenvalue weighted by atomic mass is 9.96. The third kappa shape index (κ3) is 6.01. The van der Waals surface area contributed by atoms with Crippen LogP contribution in [0.4, 0.5) is 0 Å². The molecule has 2 atom stereocenters. The molecular weight excluding hydrogens is 276 g/mol. The Morgan fingerprint density at radius 2 is 2.00 bits per heavy atom. The highest BCUT2D eigenvalue weighted by Gasteiger charge is 2.47. The topological polar surface area (TPSA) is 82.1 Å². The lowest BCUT2D eigenvalue weighted by Crippen LogP contribution is -2.34. The predicted octanol–water partition coefficient (Wildman–Crippen LogP) is 2.35. The highest BCUT2D eigenvalue weighted by molar-refractivity contribution is 5.84. The number of carboxylic acid groups (broad SMARTS) is 1. The first-order valence-corrected chi connectivity index (χ1v) is 7.58. The number of cyclic esters (lactones) is 1. The summed E-state index contributed by atoms with van der Waals surface area (Å²) in [6, 6.07) is 0. The van der Waals surface area contributed by atoms with Crippen LogP contribution in [-0.4, -0.2) is 42.1 Å². The van der Waals surface area contributed by atoms with Crippen LogP contribution in [0.1, 0.15) is 52.9 Å². The molecule has 1 heterocycles. The number of hydrogen-bond donors (Lipinski definition) is 1. The fraction of sp³-hybridized carbons (Fsp3) is 0.867. The van der Waals surface area contributed by atoms with Gasteiger partial charge >= 0.3 is 11.9 Å². The molecule has 1 fully saturated rings. The van der Waals surface area contributed by atoms with Crippen molar-refractivity contribution in [2.45, 2.75) is 64.8 Å². The fourth-order valence-corrected chi connectivity index (χ4v) is 2.25. The minimum Gasteiger partial charge on any atom is -0.481 e. The van der Waals surface area contributed by atoms with Gasteiger partial charge < -0.3 is 19.3 Å². The first kappa shape index (κ1) is 17.9. The normalized spacial score (nSPS) is 22.0. The molecule has 0 bridgehead atoms. The highest BCUT2D eigenvalue weighted by atomic mass is 16.8. The number of ether oxygens (including phenoxy) is 3. The highest BCUT2D eigenvalue weighted by Crippen LogP contribution is 2.30. The summed E-state index contributed by atoms with van der Waals surface area (Å²) in [5.41, 5.74) is 0. The third-order valence-electron chi connectivity index (χ3n) is 3.37. The van der Waals surface area contributed by atoms with Gasteiger partial charge in [-0.2, -0.15) is 0 Å². The number of hydrogen-bond acceptors (Lipinski definition) is 5. The molecule has 0 amide bonds. The summed E-state index contributed by atoms with van der Waals surface area (Å²) in [7, 11) is 0. The maximum atomic E-state index is 11.7. The molecule has 6 heteroatoms. The molecule has 1 aliphatic rings. The summed E-state index contributed by atoms with van der Waals surface area (Å²) in [6.45, 7) is 6.67. The van der Waals surface area contributed by atoms with Crippen LogP contribution in [0.5, 0.6) is 0 Å². The molecule has 0 radical (unpaired) electrons. The lowest BCUT2D eigenvalue weighted by Gasteiger charge is -2.19. The Morgan fingerprint density at radius 1 is 1.33 bits per heavy atom. The van der Waals surface area contributed by atoms with Gasteiger partial charge in [0.25, 0.3) is 0 Å². The van der Waals surface area contributed by atoms with E-state index >= 15 is 0 Å². The zero-order valence-corrected chi connectivity index (χ0v) is 13.1. The molecule has 1 rings (SSSR count). The summed E-state index contributed by atoms with van der Waals surface area (Å²) < 4.78 is 15.9. The molecule has 6 nitrogen and oxygen atoms in total. The molecule has 0 saturated carbocycles. The van der Waals surface area contributed by atoms with E-state index in [2.05, 4.69) is 6.92 Å². The number of carboxylic acids is 1. The quantitative estimate of drug-likeness (QED) is 0.493. The maximum Gasteiger partial charge on any atom is 0.338 e. The van der Waals surface area contributed by atoms with Gasteiger partial charge in [0.1, 0.15) is 0 Å². The van der Waals surface area contributed by atoms with Crippen molar-refractivity contribution in [2.75, 3.05) is 13.2 Å². The van der Waals surface area contributed by atoms with Crippen LogP contribution in [0, 0.1) is 5.92 Å². The van der Waals surface area contributed by atoms with Crippen LogP contribution in [0.2, 0.25) is 0 Å². The van der Waals surface area contributed by atoms with Crippen LogP contribution >= 0.6 is 0 Å². The average Bonchev–Trinajstić information content (AvgIpc) is 2.65. The van der Waals surface area contributed by atoms with E-state index in [0.717, 1.165) is 25.9 Å².